The maximum atomic E-state index is 11.7. The van der Waals surface area contributed by atoms with Crippen molar-refractivity contribution in [3.05, 3.63) is 47.5 Å². The molecule has 0 aliphatic carbocycles. The maximum Gasteiger partial charge on any atom is 0.305 e. The number of benzene rings is 1. The molecule has 0 N–H and O–H groups in total. The van der Waals surface area contributed by atoms with Gasteiger partial charge in [0.1, 0.15) is 0 Å². The van der Waals surface area contributed by atoms with Crippen LogP contribution in [0.5, 0.6) is 0 Å². The second kappa shape index (κ2) is 9.01. The second-order valence-corrected chi connectivity index (χ2v) is 5.93. The van der Waals surface area contributed by atoms with Gasteiger partial charge >= 0.3 is 5.97 Å². The molecule has 1 aliphatic rings. The molecule has 0 spiro atoms. The fourth-order valence-electron chi connectivity index (χ4n) is 2.48. The summed E-state index contributed by atoms with van der Waals surface area (Å²) >= 11 is 0. The molecule has 0 radical (unpaired) electrons. The molecule has 0 saturated heterocycles. The van der Waals surface area contributed by atoms with Crippen LogP contribution in [0.2, 0.25) is 0 Å². The Morgan fingerprint density at radius 3 is 2.33 bits per heavy atom. The third-order valence-corrected chi connectivity index (χ3v) is 3.94. The molecule has 0 saturated carbocycles. The fourth-order valence-corrected chi connectivity index (χ4v) is 2.48. The summed E-state index contributed by atoms with van der Waals surface area (Å²) in [5.41, 5.74) is 2.37. The summed E-state index contributed by atoms with van der Waals surface area (Å²) < 4.78 is 5.22. The summed E-state index contributed by atoms with van der Waals surface area (Å²) in [6.45, 7) is 2.84. The van der Waals surface area contributed by atoms with Gasteiger partial charge in [-0.1, -0.05) is 36.2 Å². The molecule has 0 atom stereocenters. The van der Waals surface area contributed by atoms with E-state index in [1.54, 1.807) is 0 Å². The summed E-state index contributed by atoms with van der Waals surface area (Å²) in [6, 6.07) is 8.17. The monoisotopic (exact) mass is 329 g/mol. The largest absolute Gasteiger partial charge is 0.465 e. The van der Waals surface area contributed by atoms with E-state index in [9.17, 15) is 14.4 Å². The Morgan fingerprint density at radius 1 is 1.00 bits per heavy atom. The van der Waals surface area contributed by atoms with Crippen molar-refractivity contribution < 1.29 is 19.1 Å². The molecule has 2 rings (SSSR count). The molecule has 0 unspecified atom stereocenters. The highest BCUT2D eigenvalue weighted by molar-refractivity contribution is 6.12. The van der Waals surface area contributed by atoms with Crippen molar-refractivity contribution in [2.45, 2.75) is 39.0 Å². The number of hydrogen-bond donors (Lipinski definition) is 0. The zero-order valence-electron chi connectivity index (χ0n) is 14.0. The lowest BCUT2D eigenvalue weighted by atomic mass is 10.1. The fraction of sp³-hybridized carbons (Fsp3) is 0.421. The first-order chi connectivity index (χ1) is 11.6. The molecule has 24 heavy (non-hydrogen) atoms. The lowest BCUT2D eigenvalue weighted by Gasteiger charge is -2.12. The van der Waals surface area contributed by atoms with Crippen LogP contribution in [0.4, 0.5) is 0 Å². The van der Waals surface area contributed by atoms with Crippen LogP contribution in [0.1, 0.15) is 36.8 Å². The minimum absolute atomic E-state index is 0.197. The zero-order chi connectivity index (χ0) is 17.4. The molecule has 5 nitrogen and oxygen atoms in total. The number of amides is 2. The summed E-state index contributed by atoms with van der Waals surface area (Å²) in [5, 5.41) is 0. The van der Waals surface area contributed by atoms with Crippen LogP contribution in [0.15, 0.2) is 36.4 Å². The van der Waals surface area contributed by atoms with Gasteiger partial charge in [0.2, 0.25) is 0 Å². The Kier molecular flexibility index (Phi) is 6.73. The molecule has 0 fully saturated rings. The van der Waals surface area contributed by atoms with Crippen molar-refractivity contribution in [3.63, 3.8) is 0 Å². The van der Waals surface area contributed by atoms with Crippen LogP contribution in [-0.4, -0.2) is 35.8 Å². The summed E-state index contributed by atoms with van der Waals surface area (Å²) in [4.78, 5) is 35.6. The van der Waals surface area contributed by atoms with Crippen LogP contribution < -0.4 is 0 Å². The number of esters is 1. The topological polar surface area (TPSA) is 63.7 Å². The Balaban J connectivity index is 1.51. The molecular weight excluding hydrogens is 306 g/mol. The predicted molar refractivity (Wildman–Crippen MR) is 90.2 cm³/mol. The van der Waals surface area contributed by atoms with Crippen molar-refractivity contribution in [2.75, 3.05) is 13.2 Å². The van der Waals surface area contributed by atoms with E-state index in [0.717, 1.165) is 18.4 Å². The molecule has 1 heterocycles. The minimum Gasteiger partial charge on any atom is -0.465 e. The van der Waals surface area contributed by atoms with E-state index in [0.29, 0.717) is 32.4 Å². The van der Waals surface area contributed by atoms with Gasteiger partial charge in [0.25, 0.3) is 11.8 Å². The number of rotatable bonds is 9. The van der Waals surface area contributed by atoms with Crippen molar-refractivity contribution in [1.29, 1.82) is 0 Å². The Bertz CT molecular complexity index is 601. The van der Waals surface area contributed by atoms with Crippen LogP contribution in [0.3, 0.4) is 0 Å². The summed E-state index contributed by atoms with van der Waals surface area (Å²) in [6.07, 6.45) is 5.85. The lowest BCUT2D eigenvalue weighted by molar-refractivity contribution is -0.144. The minimum atomic E-state index is -0.254. The molecule has 1 aromatic carbocycles. The Hall–Kier alpha value is -2.43. The quantitative estimate of drug-likeness (QED) is 0.397. The smallest absolute Gasteiger partial charge is 0.305 e. The number of carbonyl (C=O) groups excluding carboxylic acids is 3. The first kappa shape index (κ1) is 17.9. The number of nitrogens with zero attached hydrogens (tertiary/aromatic N) is 1. The number of carbonyl (C=O) groups is 3. The van der Waals surface area contributed by atoms with E-state index in [4.69, 9.17) is 4.74 Å². The van der Waals surface area contributed by atoms with Gasteiger partial charge in [-0.2, -0.15) is 0 Å². The Morgan fingerprint density at radius 2 is 1.67 bits per heavy atom. The van der Waals surface area contributed by atoms with Gasteiger partial charge in [0, 0.05) is 31.5 Å². The first-order valence-corrected chi connectivity index (χ1v) is 8.31. The molecule has 5 heteroatoms. The highest BCUT2D eigenvalue weighted by Gasteiger charge is 2.22. The SMILES string of the molecule is Cc1ccc(CCOC(=O)CCCCCN2C(=O)C=CC2=O)cc1. The molecule has 128 valence electrons. The Labute approximate surface area is 142 Å². The van der Waals surface area contributed by atoms with Gasteiger partial charge < -0.3 is 4.74 Å². The standard InChI is InChI=1S/C19H23NO4/c1-15-6-8-16(9-7-15)12-14-24-19(23)5-3-2-4-13-20-17(21)10-11-18(20)22/h6-11H,2-5,12-14H2,1H3. The molecule has 1 aliphatic heterocycles. The number of ether oxygens (including phenoxy) is 1. The zero-order valence-corrected chi connectivity index (χ0v) is 14.0. The van der Waals surface area contributed by atoms with E-state index in [2.05, 4.69) is 0 Å². The van der Waals surface area contributed by atoms with Gasteiger partial charge in [-0.05, 0) is 25.3 Å². The van der Waals surface area contributed by atoms with Gasteiger partial charge in [-0.3, -0.25) is 19.3 Å². The lowest BCUT2D eigenvalue weighted by Crippen LogP contribution is -2.30. The van der Waals surface area contributed by atoms with Gasteiger partial charge in [0.05, 0.1) is 6.61 Å². The van der Waals surface area contributed by atoms with Crippen molar-refractivity contribution in [1.82, 2.24) is 4.90 Å². The first-order valence-electron chi connectivity index (χ1n) is 8.31. The molecule has 0 aromatic heterocycles. The van der Waals surface area contributed by atoms with Crippen molar-refractivity contribution >= 4 is 17.8 Å². The number of imide groups is 1. The van der Waals surface area contributed by atoms with Crippen LogP contribution >= 0.6 is 0 Å². The van der Waals surface area contributed by atoms with Crippen molar-refractivity contribution in [2.24, 2.45) is 0 Å². The summed E-state index contributed by atoms with van der Waals surface area (Å²) in [7, 11) is 0. The molecule has 1 aromatic rings. The third-order valence-electron chi connectivity index (χ3n) is 3.94. The van der Waals surface area contributed by atoms with Gasteiger partial charge in [0.15, 0.2) is 0 Å². The maximum absolute atomic E-state index is 11.7. The van der Waals surface area contributed by atoms with Gasteiger partial charge in [-0.15, -0.1) is 0 Å². The molecular formula is C19H23NO4. The summed E-state index contributed by atoms with van der Waals surface area (Å²) in [5.74, 6) is -0.705. The van der Waals surface area contributed by atoms with E-state index in [1.807, 2.05) is 31.2 Å². The van der Waals surface area contributed by atoms with E-state index >= 15 is 0 Å². The predicted octanol–water partition coefficient (Wildman–Crippen LogP) is 2.57. The second-order valence-electron chi connectivity index (χ2n) is 5.93. The van der Waals surface area contributed by atoms with Crippen LogP contribution in [0, 0.1) is 6.92 Å². The normalized spacial score (nSPS) is 13.6. The van der Waals surface area contributed by atoms with Crippen molar-refractivity contribution in [3.8, 4) is 0 Å². The average molecular weight is 329 g/mol. The van der Waals surface area contributed by atoms with E-state index in [-0.39, 0.29) is 17.8 Å². The van der Waals surface area contributed by atoms with E-state index in [1.165, 1.54) is 22.6 Å². The number of aryl methyl sites for hydroxylation is 1. The van der Waals surface area contributed by atoms with Crippen LogP contribution in [-0.2, 0) is 25.5 Å². The third kappa shape index (κ3) is 5.65. The van der Waals surface area contributed by atoms with E-state index < -0.39 is 0 Å². The molecule has 0 bridgehead atoms. The number of unbranched alkanes of at least 4 members (excludes halogenated alkanes) is 2. The highest BCUT2D eigenvalue weighted by Crippen LogP contribution is 2.08. The van der Waals surface area contributed by atoms with Gasteiger partial charge in [-0.25, -0.2) is 0 Å². The number of hydrogen-bond acceptors (Lipinski definition) is 4. The molecule has 2 amide bonds. The van der Waals surface area contributed by atoms with Crippen LogP contribution in [0.25, 0.3) is 0 Å². The average Bonchev–Trinajstić information content (AvgIpc) is 2.88. The highest BCUT2D eigenvalue weighted by atomic mass is 16.5.